The molecule has 0 nitrogen and oxygen atoms in total. The van der Waals surface area contributed by atoms with Crippen LogP contribution in [0.4, 0.5) is 0 Å². The summed E-state index contributed by atoms with van der Waals surface area (Å²) < 4.78 is 0. The zero-order valence-electron chi connectivity index (χ0n) is 26.5. The van der Waals surface area contributed by atoms with Crippen molar-refractivity contribution in [3.63, 3.8) is 0 Å². The Labute approximate surface area is 281 Å². The van der Waals surface area contributed by atoms with Crippen LogP contribution in [0.25, 0.3) is 76.8 Å². The Morgan fingerprint density at radius 2 is 0.792 bits per heavy atom. The third-order valence-corrected chi connectivity index (χ3v) is 10.6. The van der Waals surface area contributed by atoms with E-state index in [1.165, 1.54) is 88.0 Å². The fourth-order valence-corrected chi connectivity index (χ4v) is 8.68. The van der Waals surface area contributed by atoms with Gasteiger partial charge in [0.25, 0.3) is 0 Å². The van der Waals surface area contributed by atoms with Crippen molar-refractivity contribution in [2.24, 2.45) is 0 Å². The molecule has 0 saturated heterocycles. The van der Waals surface area contributed by atoms with Crippen molar-refractivity contribution >= 4 is 32.3 Å². The lowest BCUT2D eigenvalue weighted by molar-refractivity contribution is 0.725. The number of hydrogen-bond acceptors (Lipinski definition) is 0. The predicted molar refractivity (Wildman–Crippen MR) is 204 cm³/mol. The average molecular weight is 609 g/mol. The van der Waals surface area contributed by atoms with Crippen LogP contribution in [-0.4, -0.2) is 0 Å². The van der Waals surface area contributed by atoms with Crippen molar-refractivity contribution in [1.29, 1.82) is 0 Å². The summed E-state index contributed by atoms with van der Waals surface area (Å²) in [6.07, 6.45) is 9.25. The molecule has 8 aromatic carbocycles. The molecular formula is C48H32. The van der Waals surface area contributed by atoms with Crippen LogP contribution in [0, 0.1) is 0 Å². The standard InChI is InChI=1S/C48H32/c1-2-16-31(17-3-1)32-18-4-9-23-37(32)46-40-26-12-14-28-42(40)48(43-29-15-13-27-41(43)46)45-30-44-35-21-6-5-19-33(35)34-20-7-10-24-38(34)47(44)39-25-11-8-22-36(39)45/h1-30,34,38H. The van der Waals surface area contributed by atoms with Crippen LogP contribution in [-0.2, 0) is 0 Å². The molecule has 2 aliphatic carbocycles. The van der Waals surface area contributed by atoms with E-state index in [4.69, 9.17) is 0 Å². The maximum absolute atomic E-state index is 2.52. The van der Waals surface area contributed by atoms with Gasteiger partial charge in [-0.25, -0.2) is 0 Å². The van der Waals surface area contributed by atoms with Gasteiger partial charge in [-0.05, 0) is 94.0 Å². The molecule has 2 aliphatic rings. The quantitative estimate of drug-likeness (QED) is 0.175. The number of hydrogen-bond donors (Lipinski definition) is 0. The molecule has 10 rings (SSSR count). The highest BCUT2D eigenvalue weighted by atomic mass is 14.4. The van der Waals surface area contributed by atoms with E-state index in [9.17, 15) is 0 Å². The fraction of sp³-hybridized carbons (Fsp3) is 0.0417. The summed E-state index contributed by atoms with van der Waals surface area (Å²) in [5.74, 6) is 0.655. The van der Waals surface area contributed by atoms with Gasteiger partial charge in [0.1, 0.15) is 0 Å². The first-order valence-corrected chi connectivity index (χ1v) is 17.0. The number of rotatable bonds is 3. The third kappa shape index (κ3) is 3.96. The molecule has 0 aliphatic heterocycles. The van der Waals surface area contributed by atoms with Crippen molar-refractivity contribution in [2.45, 2.75) is 11.8 Å². The first-order valence-electron chi connectivity index (χ1n) is 17.0. The second-order valence-corrected chi connectivity index (χ2v) is 13.1. The van der Waals surface area contributed by atoms with E-state index in [0.717, 1.165) is 0 Å². The summed E-state index contributed by atoms with van der Waals surface area (Å²) in [6.45, 7) is 0. The van der Waals surface area contributed by atoms with Crippen LogP contribution >= 0.6 is 0 Å². The molecule has 0 aromatic heterocycles. The van der Waals surface area contributed by atoms with Gasteiger partial charge in [0.15, 0.2) is 0 Å². The Hall–Kier alpha value is -5.98. The van der Waals surface area contributed by atoms with Crippen LogP contribution < -0.4 is 0 Å². The van der Waals surface area contributed by atoms with E-state index in [0.29, 0.717) is 11.8 Å². The highest BCUT2D eigenvalue weighted by molar-refractivity contribution is 6.25. The average Bonchev–Trinajstić information content (AvgIpc) is 3.17. The Morgan fingerprint density at radius 3 is 1.46 bits per heavy atom. The molecule has 0 saturated carbocycles. The lowest BCUT2D eigenvalue weighted by atomic mass is 9.68. The number of allylic oxidation sites excluding steroid dienone is 4. The van der Waals surface area contributed by atoms with E-state index >= 15 is 0 Å². The van der Waals surface area contributed by atoms with Crippen molar-refractivity contribution < 1.29 is 0 Å². The summed E-state index contributed by atoms with van der Waals surface area (Å²) in [6, 6.07) is 58.5. The lowest BCUT2D eigenvalue weighted by Gasteiger charge is -2.35. The van der Waals surface area contributed by atoms with Gasteiger partial charge < -0.3 is 0 Å². The van der Waals surface area contributed by atoms with Gasteiger partial charge in [-0.15, -0.1) is 0 Å². The van der Waals surface area contributed by atoms with Gasteiger partial charge in [-0.3, -0.25) is 0 Å². The molecule has 2 unspecified atom stereocenters. The first-order chi connectivity index (χ1) is 23.9. The third-order valence-electron chi connectivity index (χ3n) is 10.6. The molecule has 0 amide bonds. The zero-order valence-corrected chi connectivity index (χ0v) is 26.5. The molecule has 2 atom stereocenters. The van der Waals surface area contributed by atoms with E-state index in [2.05, 4.69) is 182 Å². The predicted octanol–water partition coefficient (Wildman–Crippen LogP) is 13.1. The van der Waals surface area contributed by atoms with Gasteiger partial charge >= 0.3 is 0 Å². The minimum Gasteiger partial charge on any atom is -0.0761 e. The van der Waals surface area contributed by atoms with E-state index < -0.39 is 0 Å². The minimum absolute atomic E-state index is 0.309. The molecule has 224 valence electrons. The number of benzene rings is 8. The van der Waals surface area contributed by atoms with Gasteiger partial charge in [0, 0.05) is 11.8 Å². The molecule has 0 spiro atoms. The Kier molecular flexibility index (Phi) is 6.11. The van der Waals surface area contributed by atoms with Crippen molar-refractivity contribution in [3.05, 3.63) is 193 Å². The molecule has 8 aromatic rings. The van der Waals surface area contributed by atoms with E-state index in [1.54, 1.807) is 0 Å². The molecule has 0 heteroatoms. The molecule has 0 N–H and O–H groups in total. The summed E-state index contributed by atoms with van der Waals surface area (Å²) >= 11 is 0. The highest BCUT2D eigenvalue weighted by Gasteiger charge is 2.34. The molecule has 0 radical (unpaired) electrons. The van der Waals surface area contributed by atoms with Crippen LogP contribution in [0.5, 0.6) is 0 Å². The normalized spacial score (nSPS) is 16.2. The van der Waals surface area contributed by atoms with Crippen molar-refractivity contribution in [1.82, 2.24) is 0 Å². The summed E-state index contributed by atoms with van der Waals surface area (Å²) in [5, 5.41) is 7.77. The monoisotopic (exact) mass is 608 g/mol. The van der Waals surface area contributed by atoms with Gasteiger partial charge in [0.2, 0.25) is 0 Å². The second kappa shape index (κ2) is 10.8. The van der Waals surface area contributed by atoms with Crippen LogP contribution in [0.15, 0.2) is 182 Å². The molecular weight excluding hydrogens is 577 g/mol. The highest BCUT2D eigenvalue weighted by Crippen LogP contribution is 2.55. The van der Waals surface area contributed by atoms with Gasteiger partial charge in [0.05, 0.1) is 0 Å². The summed E-state index contributed by atoms with van der Waals surface area (Å²) in [4.78, 5) is 0. The smallest absolute Gasteiger partial charge is 0.0137 e. The largest absolute Gasteiger partial charge is 0.0761 e. The summed E-state index contributed by atoms with van der Waals surface area (Å²) in [7, 11) is 0. The zero-order chi connectivity index (χ0) is 31.6. The van der Waals surface area contributed by atoms with Crippen molar-refractivity contribution in [3.8, 4) is 44.5 Å². The molecule has 0 fully saturated rings. The van der Waals surface area contributed by atoms with Crippen LogP contribution in [0.2, 0.25) is 0 Å². The second-order valence-electron chi connectivity index (χ2n) is 13.1. The van der Waals surface area contributed by atoms with Crippen molar-refractivity contribution in [2.75, 3.05) is 0 Å². The van der Waals surface area contributed by atoms with E-state index in [-0.39, 0.29) is 0 Å². The minimum atomic E-state index is 0.309. The van der Waals surface area contributed by atoms with E-state index in [1.807, 2.05) is 0 Å². The number of fused-ring (bicyclic) bond motifs is 10. The molecule has 48 heavy (non-hydrogen) atoms. The maximum Gasteiger partial charge on any atom is 0.0137 e. The lowest BCUT2D eigenvalue weighted by Crippen LogP contribution is -2.17. The first kappa shape index (κ1) is 27.2. The van der Waals surface area contributed by atoms with Crippen LogP contribution in [0.3, 0.4) is 0 Å². The maximum atomic E-state index is 2.52. The van der Waals surface area contributed by atoms with Gasteiger partial charge in [-0.1, -0.05) is 176 Å². The van der Waals surface area contributed by atoms with Crippen LogP contribution in [0.1, 0.15) is 23.0 Å². The molecule has 0 heterocycles. The summed E-state index contributed by atoms with van der Waals surface area (Å²) in [5.41, 5.74) is 13.2. The Balaban J connectivity index is 1.34. The SMILES string of the molecule is C1=CC2c3ccccc3-c3cc(-c4c5ccccc5c(-c5ccccc5-c5ccccc5)c5ccccc45)c4ccccc4c3C2C=C1. The molecule has 0 bridgehead atoms. The van der Waals surface area contributed by atoms with Gasteiger partial charge in [-0.2, -0.15) is 0 Å². The Morgan fingerprint density at radius 1 is 0.312 bits per heavy atom. The fourth-order valence-electron chi connectivity index (χ4n) is 8.68. The Bertz CT molecular complexity index is 2560. The topological polar surface area (TPSA) is 0 Å².